The summed E-state index contributed by atoms with van der Waals surface area (Å²) in [5.41, 5.74) is 6.36. The maximum Gasteiger partial charge on any atom is 0.293 e. The van der Waals surface area contributed by atoms with Gasteiger partial charge in [-0.05, 0) is 18.6 Å². The Morgan fingerprint density at radius 3 is 2.63 bits per heavy atom. The van der Waals surface area contributed by atoms with E-state index in [2.05, 4.69) is 5.32 Å². The van der Waals surface area contributed by atoms with E-state index in [1.165, 1.54) is 6.07 Å². The maximum atomic E-state index is 12.3. The predicted octanol–water partition coefficient (Wildman–Crippen LogP) is 0.531. The van der Waals surface area contributed by atoms with Gasteiger partial charge in [0.2, 0.25) is 0 Å². The zero-order chi connectivity index (χ0) is 14.0. The highest BCUT2D eigenvalue weighted by molar-refractivity contribution is 6.01. The van der Waals surface area contributed by atoms with Gasteiger partial charge in [0.15, 0.2) is 0 Å². The summed E-state index contributed by atoms with van der Waals surface area (Å²) in [4.78, 5) is 24.4. The average Bonchev–Trinajstić information content (AvgIpc) is 2.41. The van der Waals surface area contributed by atoms with E-state index in [9.17, 15) is 14.9 Å². The Morgan fingerprint density at radius 2 is 2.05 bits per heavy atom. The molecule has 1 heterocycles. The number of carbonyl (C=O) groups is 1. The van der Waals surface area contributed by atoms with E-state index in [1.54, 1.807) is 17.9 Å². The minimum absolute atomic E-state index is 0.0564. The number of nitro benzene ring substituents is 1. The Bertz CT molecular complexity index is 524. The van der Waals surface area contributed by atoms with Crippen LogP contribution >= 0.6 is 0 Å². The third-order valence-corrected chi connectivity index (χ3v) is 3.13. The molecule has 7 heteroatoms. The average molecular weight is 264 g/mol. The molecular weight excluding hydrogens is 248 g/mol. The zero-order valence-electron chi connectivity index (χ0n) is 10.7. The van der Waals surface area contributed by atoms with Crippen LogP contribution in [-0.4, -0.2) is 41.9 Å². The summed E-state index contributed by atoms with van der Waals surface area (Å²) in [6.07, 6.45) is 0. The molecular formula is C12H16N4O3. The van der Waals surface area contributed by atoms with Crippen LogP contribution in [0.5, 0.6) is 0 Å². The van der Waals surface area contributed by atoms with Gasteiger partial charge in [0.25, 0.3) is 11.6 Å². The molecule has 1 amide bonds. The Morgan fingerprint density at radius 1 is 1.42 bits per heavy atom. The molecule has 0 saturated carbocycles. The van der Waals surface area contributed by atoms with Crippen LogP contribution in [0.15, 0.2) is 12.1 Å². The summed E-state index contributed by atoms with van der Waals surface area (Å²) in [5.74, 6) is -0.245. The molecule has 19 heavy (non-hydrogen) atoms. The van der Waals surface area contributed by atoms with Crippen molar-refractivity contribution in [1.82, 2.24) is 10.2 Å². The smallest absolute Gasteiger partial charge is 0.293 e. The van der Waals surface area contributed by atoms with E-state index in [-0.39, 0.29) is 22.8 Å². The van der Waals surface area contributed by atoms with Crippen molar-refractivity contribution in [2.75, 3.05) is 31.9 Å². The van der Waals surface area contributed by atoms with Crippen molar-refractivity contribution in [3.63, 3.8) is 0 Å². The molecule has 0 radical (unpaired) electrons. The highest BCUT2D eigenvalue weighted by Gasteiger charge is 2.24. The molecule has 1 aromatic rings. The first-order chi connectivity index (χ1) is 9.00. The van der Waals surface area contributed by atoms with Crippen molar-refractivity contribution in [2.24, 2.45) is 0 Å². The number of nitrogens with one attached hydrogen (secondary N) is 1. The number of anilines is 1. The number of amides is 1. The van der Waals surface area contributed by atoms with Crippen LogP contribution in [0.4, 0.5) is 11.4 Å². The highest BCUT2D eigenvalue weighted by atomic mass is 16.6. The van der Waals surface area contributed by atoms with Gasteiger partial charge in [-0.3, -0.25) is 14.9 Å². The van der Waals surface area contributed by atoms with E-state index in [1.807, 2.05) is 0 Å². The van der Waals surface area contributed by atoms with Crippen LogP contribution in [0.25, 0.3) is 0 Å². The summed E-state index contributed by atoms with van der Waals surface area (Å²) in [6.45, 7) is 4.32. The standard InChI is InChI=1S/C12H16N4O3/c1-8-6-9(11(13)10(7-8)16(18)19)12(17)15-4-2-14-3-5-15/h6-7,14H,2-5,13H2,1H3. The Kier molecular flexibility index (Phi) is 3.66. The van der Waals surface area contributed by atoms with E-state index in [4.69, 9.17) is 5.73 Å². The number of carbonyl (C=O) groups excluding carboxylic acids is 1. The summed E-state index contributed by atoms with van der Waals surface area (Å²) >= 11 is 0. The van der Waals surface area contributed by atoms with Crippen molar-refractivity contribution in [3.05, 3.63) is 33.4 Å². The van der Waals surface area contributed by atoms with Gasteiger partial charge < -0.3 is 16.0 Å². The minimum atomic E-state index is -0.559. The zero-order valence-corrected chi connectivity index (χ0v) is 10.7. The number of rotatable bonds is 2. The fraction of sp³-hybridized carbons (Fsp3) is 0.417. The number of nitrogens with zero attached hydrogens (tertiary/aromatic N) is 2. The third-order valence-electron chi connectivity index (χ3n) is 3.13. The van der Waals surface area contributed by atoms with Gasteiger partial charge in [-0.1, -0.05) is 0 Å². The van der Waals surface area contributed by atoms with Gasteiger partial charge in [-0.15, -0.1) is 0 Å². The van der Waals surface area contributed by atoms with Crippen LogP contribution in [0, 0.1) is 17.0 Å². The van der Waals surface area contributed by atoms with Crippen LogP contribution in [0.2, 0.25) is 0 Å². The van der Waals surface area contributed by atoms with Crippen LogP contribution < -0.4 is 11.1 Å². The fourth-order valence-electron chi connectivity index (χ4n) is 2.14. The van der Waals surface area contributed by atoms with Crippen molar-refractivity contribution in [1.29, 1.82) is 0 Å². The van der Waals surface area contributed by atoms with Crippen LogP contribution in [0.3, 0.4) is 0 Å². The third kappa shape index (κ3) is 2.65. The number of hydrogen-bond acceptors (Lipinski definition) is 5. The molecule has 102 valence electrons. The quantitative estimate of drug-likeness (QED) is 0.461. The van der Waals surface area contributed by atoms with Gasteiger partial charge in [-0.2, -0.15) is 0 Å². The minimum Gasteiger partial charge on any atom is -0.393 e. The molecule has 0 atom stereocenters. The number of hydrogen-bond donors (Lipinski definition) is 2. The molecule has 7 nitrogen and oxygen atoms in total. The maximum absolute atomic E-state index is 12.3. The molecule has 0 unspecified atom stereocenters. The SMILES string of the molecule is Cc1cc(C(=O)N2CCNCC2)c(N)c([N+](=O)[O-])c1. The van der Waals surface area contributed by atoms with E-state index >= 15 is 0 Å². The fourth-order valence-corrected chi connectivity index (χ4v) is 2.14. The van der Waals surface area contributed by atoms with Gasteiger partial charge >= 0.3 is 0 Å². The van der Waals surface area contributed by atoms with Gasteiger partial charge in [0, 0.05) is 32.2 Å². The monoisotopic (exact) mass is 264 g/mol. The first kappa shape index (κ1) is 13.3. The summed E-state index contributed by atoms with van der Waals surface area (Å²) in [7, 11) is 0. The molecule has 1 aromatic carbocycles. The topological polar surface area (TPSA) is 102 Å². The second-order valence-corrected chi connectivity index (χ2v) is 4.54. The number of nitrogens with two attached hydrogens (primary N) is 1. The van der Waals surface area contributed by atoms with Crippen LogP contribution in [0.1, 0.15) is 15.9 Å². The van der Waals surface area contributed by atoms with Crippen molar-refractivity contribution < 1.29 is 9.72 Å². The molecule has 0 aromatic heterocycles. The summed E-state index contributed by atoms with van der Waals surface area (Å²) in [6, 6.07) is 2.98. The lowest BCUT2D eigenvalue weighted by Crippen LogP contribution is -2.46. The van der Waals surface area contributed by atoms with Gasteiger partial charge in [0.05, 0.1) is 10.5 Å². The molecule has 1 aliphatic heterocycles. The second kappa shape index (κ2) is 5.23. The first-order valence-corrected chi connectivity index (χ1v) is 6.05. The Balaban J connectivity index is 2.38. The molecule has 0 aliphatic carbocycles. The lowest BCUT2D eigenvalue weighted by Gasteiger charge is -2.27. The number of aryl methyl sites for hydroxylation is 1. The summed E-state index contributed by atoms with van der Waals surface area (Å²) < 4.78 is 0. The van der Waals surface area contributed by atoms with E-state index in [0.29, 0.717) is 18.7 Å². The van der Waals surface area contributed by atoms with E-state index < -0.39 is 4.92 Å². The Hall–Kier alpha value is -2.15. The van der Waals surface area contributed by atoms with Crippen LogP contribution in [-0.2, 0) is 0 Å². The molecule has 0 bridgehead atoms. The predicted molar refractivity (Wildman–Crippen MR) is 71.0 cm³/mol. The molecule has 1 aliphatic rings. The highest BCUT2D eigenvalue weighted by Crippen LogP contribution is 2.28. The number of nitro groups is 1. The lowest BCUT2D eigenvalue weighted by molar-refractivity contribution is -0.384. The second-order valence-electron chi connectivity index (χ2n) is 4.54. The molecule has 0 spiro atoms. The largest absolute Gasteiger partial charge is 0.393 e. The molecule has 3 N–H and O–H groups in total. The number of benzene rings is 1. The van der Waals surface area contributed by atoms with Gasteiger partial charge in [0.1, 0.15) is 5.69 Å². The first-order valence-electron chi connectivity index (χ1n) is 6.05. The van der Waals surface area contributed by atoms with Crippen molar-refractivity contribution in [3.8, 4) is 0 Å². The summed E-state index contributed by atoms with van der Waals surface area (Å²) in [5, 5.41) is 14.1. The molecule has 1 saturated heterocycles. The lowest BCUT2D eigenvalue weighted by atomic mass is 10.1. The number of piperazine rings is 1. The number of nitrogen functional groups attached to an aromatic ring is 1. The molecule has 2 rings (SSSR count). The Labute approximate surface area is 110 Å². The molecule has 1 fully saturated rings. The van der Waals surface area contributed by atoms with E-state index in [0.717, 1.165) is 13.1 Å². The van der Waals surface area contributed by atoms with Crippen molar-refractivity contribution in [2.45, 2.75) is 6.92 Å². The normalized spacial score (nSPS) is 15.3. The van der Waals surface area contributed by atoms with Gasteiger partial charge in [-0.25, -0.2) is 0 Å². The van der Waals surface area contributed by atoms with Crippen molar-refractivity contribution >= 4 is 17.3 Å².